The molecule has 0 saturated carbocycles. The van der Waals surface area contributed by atoms with Crippen LogP contribution < -0.4 is 10.3 Å². The van der Waals surface area contributed by atoms with Crippen LogP contribution in [-0.2, 0) is 30.0 Å². The minimum absolute atomic E-state index is 0.102. The summed E-state index contributed by atoms with van der Waals surface area (Å²) in [5.41, 5.74) is 2.14. The molecule has 0 spiro atoms. The molecule has 3 heterocycles. The summed E-state index contributed by atoms with van der Waals surface area (Å²) < 4.78 is 29.7. The lowest BCUT2D eigenvalue weighted by molar-refractivity contribution is 0.579. The third-order valence-corrected chi connectivity index (χ3v) is 7.16. The summed E-state index contributed by atoms with van der Waals surface area (Å²) >= 11 is 1.17. The zero-order chi connectivity index (χ0) is 18.9. The van der Waals surface area contributed by atoms with Gasteiger partial charge in [0.25, 0.3) is 5.56 Å². The van der Waals surface area contributed by atoms with Crippen molar-refractivity contribution < 1.29 is 8.42 Å². The molecule has 3 aromatic heterocycles. The van der Waals surface area contributed by atoms with Gasteiger partial charge in [-0.2, -0.15) is 0 Å². The highest BCUT2D eigenvalue weighted by Gasteiger charge is 2.19. The Morgan fingerprint density at radius 2 is 2.12 bits per heavy atom. The number of rotatable bonds is 6. The van der Waals surface area contributed by atoms with Crippen molar-refractivity contribution in [3.63, 3.8) is 0 Å². The van der Waals surface area contributed by atoms with Gasteiger partial charge in [0.15, 0.2) is 0 Å². The lowest BCUT2D eigenvalue weighted by atomic mass is 10.1. The Labute approximate surface area is 155 Å². The topological polar surface area (TPSA) is 96.8 Å². The summed E-state index contributed by atoms with van der Waals surface area (Å²) in [6.45, 7) is 3.84. The fourth-order valence-corrected chi connectivity index (χ4v) is 5.00. The van der Waals surface area contributed by atoms with Gasteiger partial charge in [0, 0.05) is 41.1 Å². The second kappa shape index (κ2) is 7.18. The molecule has 2 N–H and O–H groups in total. The first-order valence-electron chi connectivity index (χ1n) is 8.10. The largest absolute Gasteiger partial charge is 0.337 e. The second-order valence-corrected chi connectivity index (χ2v) is 8.99. The number of aryl methyl sites for hydroxylation is 3. The predicted octanol–water partition coefficient (Wildman–Crippen LogP) is 2.19. The molecule has 0 aliphatic heterocycles. The molecule has 0 unspecified atom stereocenters. The minimum atomic E-state index is -3.63. The van der Waals surface area contributed by atoms with Crippen molar-refractivity contribution >= 4 is 21.4 Å². The normalized spacial score (nSPS) is 11.8. The Bertz CT molecular complexity index is 1090. The molecular formula is C17H20N4O3S2. The molecule has 0 atom stereocenters. The van der Waals surface area contributed by atoms with Crippen LogP contribution in [-0.4, -0.2) is 23.0 Å². The lowest BCUT2D eigenvalue weighted by Gasteiger charge is -2.06. The number of imidazole rings is 1. The van der Waals surface area contributed by atoms with E-state index in [1.165, 1.54) is 11.3 Å². The number of pyridine rings is 1. The van der Waals surface area contributed by atoms with Gasteiger partial charge in [-0.05, 0) is 31.5 Å². The molecule has 0 aliphatic carbocycles. The summed E-state index contributed by atoms with van der Waals surface area (Å²) in [6.07, 6.45) is 4.00. The van der Waals surface area contributed by atoms with Gasteiger partial charge < -0.3 is 9.55 Å². The van der Waals surface area contributed by atoms with E-state index in [1.54, 1.807) is 29.1 Å². The first kappa shape index (κ1) is 18.6. The lowest BCUT2D eigenvalue weighted by Crippen LogP contribution is -2.23. The van der Waals surface area contributed by atoms with Gasteiger partial charge in [-0.3, -0.25) is 4.79 Å². The Morgan fingerprint density at radius 3 is 2.77 bits per heavy atom. The second-order valence-electron chi connectivity index (χ2n) is 5.91. The van der Waals surface area contributed by atoms with Gasteiger partial charge in [-0.15, -0.1) is 11.3 Å². The number of aromatic amines is 1. The number of hydrogen-bond acceptors (Lipinski definition) is 5. The number of aromatic nitrogens is 3. The maximum atomic E-state index is 12.5. The minimum Gasteiger partial charge on any atom is -0.337 e. The number of nitrogens with one attached hydrogen (secondary N) is 2. The van der Waals surface area contributed by atoms with Crippen molar-refractivity contribution in [1.29, 1.82) is 0 Å². The molecule has 0 radical (unpaired) electrons. The third kappa shape index (κ3) is 3.64. The SMILES string of the molecule is CCc1cc(-c2ccc(S(=O)(=O)NCc3nccn3C)s2)c(C)[nH]c1=O. The molecule has 0 bridgehead atoms. The maximum absolute atomic E-state index is 12.5. The quantitative estimate of drug-likeness (QED) is 0.672. The van der Waals surface area contributed by atoms with Crippen LogP contribution in [0.3, 0.4) is 0 Å². The molecule has 9 heteroatoms. The van der Waals surface area contributed by atoms with Gasteiger partial charge in [0.1, 0.15) is 10.0 Å². The van der Waals surface area contributed by atoms with E-state index in [4.69, 9.17) is 0 Å². The van der Waals surface area contributed by atoms with Gasteiger partial charge >= 0.3 is 0 Å². The Kier molecular flexibility index (Phi) is 5.12. The van der Waals surface area contributed by atoms with E-state index >= 15 is 0 Å². The van der Waals surface area contributed by atoms with E-state index in [-0.39, 0.29) is 16.3 Å². The Hall–Kier alpha value is -2.23. The van der Waals surface area contributed by atoms with Crippen molar-refractivity contribution in [2.45, 2.75) is 31.0 Å². The number of sulfonamides is 1. The molecule has 0 aromatic carbocycles. The summed E-state index contributed by atoms with van der Waals surface area (Å²) in [5, 5.41) is 0. The molecule has 0 saturated heterocycles. The zero-order valence-corrected chi connectivity index (χ0v) is 16.4. The highest BCUT2D eigenvalue weighted by atomic mass is 32.2. The first-order chi connectivity index (χ1) is 12.3. The van der Waals surface area contributed by atoms with Crippen LogP contribution in [0.15, 0.2) is 39.6 Å². The standard InChI is InChI=1S/C17H20N4O3S2/c1-4-12-9-13(11(2)20-17(12)22)14-5-6-16(25-14)26(23,24)19-10-15-18-7-8-21(15)3/h5-9,19H,4,10H2,1-3H3,(H,20,22). The molecule has 0 amide bonds. The van der Waals surface area contributed by atoms with Crippen LogP contribution >= 0.6 is 11.3 Å². The molecule has 7 nitrogen and oxygen atoms in total. The van der Waals surface area contributed by atoms with E-state index in [9.17, 15) is 13.2 Å². The van der Waals surface area contributed by atoms with Crippen LogP contribution in [0.1, 0.15) is 24.0 Å². The van der Waals surface area contributed by atoms with Crippen LogP contribution in [0.5, 0.6) is 0 Å². The monoisotopic (exact) mass is 392 g/mol. The van der Waals surface area contributed by atoms with Gasteiger partial charge in [-0.25, -0.2) is 18.1 Å². The highest BCUT2D eigenvalue weighted by molar-refractivity contribution is 7.91. The van der Waals surface area contributed by atoms with Crippen LogP contribution in [0.2, 0.25) is 0 Å². The summed E-state index contributed by atoms with van der Waals surface area (Å²) in [6, 6.07) is 5.18. The van der Waals surface area contributed by atoms with Crippen molar-refractivity contribution in [2.75, 3.05) is 0 Å². The fourth-order valence-electron chi connectivity index (χ4n) is 2.59. The van der Waals surface area contributed by atoms with E-state index in [2.05, 4.69) is 14.7 Å². The van der Waals surface area contributed by atoms with Gasteiger partial charge in [-0.1, -0.05) is 6.92 Å². The maximum Gasteiger partial charge on any atom is 0.251 e. The number of H-pyrrole nitrogens is 1. The van der Waals surface area contributed by atoms with E-state index in [0.29, 0.717) is 17.8 Å². The predicted molar refractivity (Wildman–Crippen MR) is 102 cm³/mol. The molecule has 3 aromatic rings. The van der Waals surface area contributed by atoms with Crippen LogP contribution in [0.25, 0.3) is 10.4 Å². The highest BCUT2D eigenvalue weighted by Crippen LogP contribution is 2.32. The smallest absolute Gasteiger partial charge is 0.251 e. The average Bonchev–Trinajstić information content (AvgIpc) is 3.23. The Morgan fingerprint density at radius 1 is 1.35 bits per heavy atom. The number of nitrogens with zero attached hydrogens (tertiary/aromatic N) is 2. The van der Waals surface area contributed by atoms with E-state index in [0.717, 1.165) is 16.1 Å². The summed E-state index contributed by atoms with van der Waals surface area (Å²) in [4.78, 5) is 19.6. The summed E-state index contributed by atoms with van der Waals surface area (Å²) in [7, 11) is -1.82. The third-order valence-electron chi connectivity index (χ3n) is 4.15. The van der Waals surface area contributed by atoms with Crippen molar-refractivity contribution in [3.8, 4) is 10.4 Å². The van der Waals surface area contributed by atoms with Gasteiger partial charge in [0.2, 0.25) is 10.0 Å². The number of thiophene rings is 1. The molecule has 0 fully saturated rings. The summed E-state index contributed by atoms with van der Waals surface area (Å²) in [5.74, 6) is 0.634. The van der Waals surface area contributed by atoms with Crippen molar-refractivity contribution in [3.05, 3.63) is 58.0 Å². The van der Waals surface area contributed by atoms with Crippen molar-refractivity contribution in [1.82, 2.24) is 19.3 Å². The average molecular weight is 393 g/mol. The fraction of sp³-hybridized carbons (Fsp3) is 0.294. The molecular weight excluding hydrogens is 372 g/mol. The zero-order valence-electron chi connectivity index (χ0n) is 14.7. The van der Waals surface area contributed by atoms with Crippen LogP contribution in [0, 0.1) is 6.92 Å². The van der Waals surface area contributed by atoms with Crippen LogP contribution in [0.4, 0.5) is 0 Å². The van der Waals surface area contributed by atoms with E-state index < -0.39 is 10.0 Å². The molecule has 26 heavy (non-hydrogen) atoms. The first-order valence-corrected chi connectivity index (χ1v) is 10.4. The van der Waals surface area contributed by atoms with Crippen molar-refractivity contribution in [2.24, 2.45) is 7.05 Å². The molecule has 3 rings (SSSR count). The Balaban J connectivity index is 1.87. The van der Waals surface area contributed by atoms with E-state index in [1.807, 2.05) is 27.0 Å². The van der Waals surface area contributed by atoms with Gasteiger partial charge in [0.05, 0.1) is 6.54 Å². The molecule has 0 aliphatic rings. The number of hydrogen-bond donors (Lipinski definition) is 2. The molecule has 138 valence electrons.